The molecule has 1 atom stereocenters. The molecule has 7 heteroatoms. The van der Waals surface area contributed by atoms with Gasteiger partial charge in [0.1, 0.15) is 0 Å². The first-order chi connectivity index (χ1) is 9.74. The smallest absolute Gasteiger partial charge is 0.216 e. The van der Waals surface area contributed by atoms with E-state index in [9.17, 15) is 0 Å². The molecular formula is C13H13N5S2. The van der Waals surface area contributed by atoms with Gasteiger partial charge in [0.15, 0.2) is 4.34 Å². The average Bonchev–Trinajstić information content (AvgIpc) is 3.09. The number of aryl methyl sites for hydroxylation is 1. The fraction of sp³-hybridized carbons (Fsp3) is 0.231. The fourth-order valence-electron chi connectivity index (χ4n) is 1.83. The van der Waals surface area contributed by atoms with Gasteiger partial charge in [0.25, 0.3) is 0 Å². The second-order valence-corrected chi connectivity index (χ2v) is 6.42. The molecule has 102 valence electrons. The highest BCUT2D eigenvalue weighted by molar-refractivity contribution is 8.00. The summed E-state index contributed by atoms with van der Waals surface area (Å²) in [5.41, 5.74) is 2.20. The lowest BCUT2D eigenvalue weighted by Crippen LogP contribution is -2.09. The SMILES string of the molecule is Cc1csc(Sc2nnnn2C(C)c2ccccc2)n1. The van der Waals surface area contributed by atoms with Gasteiger partial charge in [-0.1, -0.05) is 30.3 Å². The minimum Gasteiger partial charge on any atom is -0.235 e. The number of tetrazole rings is 1. The first kappa shape index (κ1) is 13.3. The van der Waals surface area contributed by atoms with Gasteiger partial charge in [-0.2, -0.15) is 0 Å². The van der Waals surface area contributed by atoms with Crippen LogP contribution in [0.5, 0.6) is 0 Å². The Kier molecular flexibility index (Phi) is 3.79. The third kappa shape index (κ3) is 2.73. The summed E-state index contributed by atoms with van der Waals surface area (Å²) in [5.74, 6) is 0. The van der Waals surface area contributed by atoms with Crippen molar-refractivity contribution in [1.82, 2.24) is 25.2 Å². The zero-order valence-electron chi connectivity index (χ0n) is 11.1. The van der Waals surface area contributed by atoms with E-state index in [0.717, 1.165) is 15.2 Å². The second kappa shape index (κ2) is 5.72. The molecule has 0 N–H and O–H groups in total. The highest BCUT2D eigenvalue weighted by atomic mass is 32.2. The van der Waals surface area contributed by atoms with E-state index in [2.05, 4.69) is 39.6 Å². The van der Waals surface area contributed by atoms with Crippen molar-refractivity contribution < 1.29 is 0 Å². The average molecular weight is 303 g/mol. The normalized spacial score (nSPS) is 12.5. The van der Waals surface area contributed by atoms with Crippen LogP contribution in [0, 0.1) is 6.92 Å². The first-order valence-electron chi connectivity index (χ1n) is 6.17. The van der Waals surface area contributed by atoms with Crippen LogP contribution in [-0.4, -0.2) is 25.2 Å². The molecule has 0 radical (unpaired) electrons. The number of aromatic nitrogens is 5. The molecule has 0 aliphatic heterocycles. The van der Waals surface area contributed by atoms with E-state index in [-0.39, 0.29) is 6.04 Å². The molecular weight excluding hydrogens is 290 g/mol. The van der Waals surface area contributed by atoms with E-state index >= 15 is 0 Å². The maximum Gasteiger partial charge on any atom is 0.216 e. The predicted molar refractivity (Wildman–Crippen MR) is 79.0 cm³/mol. The van der Waals surface area contributed by atoms with E-state index in [1.54, 1.807) is 11.3 Å². The minimum atomic E-state index is 0.0924. The van der Waals surface area contributed by atoms with Gasteiger partial charge in [-0.05, 0) is 41.6 Å². The molecule has 0 aliphatic rings. The Morgan fingerprint density at radius 1 is 1.25 bits per heavy atom. The summed E-state index contributed by atoms with van der Waals surface area (Å²) in [6, 6.07) is 10.3. The zero-order valence-corrected chi connectivity index (χ0v) is 12.7. The summed E-state index contributed by atoms with van der Waals surface area (Å²) in [6.45, 7) is 4.07. The summed E-state index contributed by atoms with van der Waals surface area (Å²) in [6.07, 6.45) is 0. The lowest BCUT2D eigenvalue weighted by Gasteiger charge is -2.12. The van der Waals surface area contributed by atoms with Crippen LogP contribution < -0.4 is 0 Å². The molecule has 0 bridgehead atoms. The largest absolute Gasteiger partial charge is 0.235 e. The van der Waals surface area contributed by atoms with Gasteiger partial charge in [-0.15, -0.1) is 16.4 Å². The Morgan fingerprint density at radius 3 is 2.75 bits per heavy atom. The lowest BCUT2D eigenvalue weighted by molar-refractivity contribution is 0.504. The van der Waals surface area contributed by atoms with E-state index in [0.29, 0.717) is 0 Å². The molecule has 0 spiro atoms. The molecule has 0 amide bonds. The zero-order chi connectivity index (χ0) is 13.9. The van der Waals surface area contributed by atoms with Crippen LogP contribution in [0.1, 0.15) is 24.2 Å². The number of nitrogens with zero attached hydrogens (tertiary/aromatic N) is 5. The Balaban J connectivity index is 1.86. The van der Waals surface area contributed by atoms with Gasteiger partial charge in [0.05, 0.1) is 6.04 Å². The van der Waals surface area contributed by atoms with Crippen LogP contribution in [0.3, 0.4) is 0 Å². The van der Waals surface area contributed by atoms with Gasteiger partial charge in [0, 0.05) is 11.1 Å². The van der Waals surface area contributed by atoms with Crippen LogP contribution >= 0.6 is 23.1 Å². The van der Waals surface area contributed by atoms with Crippen molar-refractivity contribution in [2.24, 2.45) is 0 Å². The highest BCUT2D eigenvalue weighted by Gasteiger charge is 2.16. The number of hydrogen-bond donors (Lipinski definition) is 0. The maximum atomic E-state index is 4.43. The highest BCUT2D eigenvalue weighted by Crippen LogP contribution is 2.30. The summed E-state index contributed by atoms with van der Waals surface area (Å²) in [7, 11) is 0. The van der Waals surface area contributed by atoms with Crippen LogP contribution in [0.15, 0.2) is 45.2 Å². The number of rotatable bonds is 4. The Labute approximate surface area is 125 Å². The van der Waals surface area contributed by atoms with Crippen molar-refractivity contribution in [3.8, 4) is 0 Å². The molecule has 1 aromatic carbocycles. The molecule has 3 rings (SSSR count). The van der Waals surface area contributed by atoms with Gasteiger partial charge in [-0.25, -0.2) is 9.67 Å². The third-order valence-electron chi connectivity index (χ3n) is 2.89. The van der Waals surface area contributed by atoms with Crippen LogP contribution in [-0.2, 0) is 0 Å². The Bertz CT molecular complexity index is 692. The second-order valence-electron chi connectivity index (χ2n) is 4.35. The molecule has 1 unspecified atom stereocenters. The van der Waals surface area contributed by atoms with Crippen LogP contribution in [0.2, 0.25) is 0 Å². The summed E-state index contributed by atoms with van der Waals surface area (Å²) >= 11 is 3.11. The van der Waals surface area contributed by atoms with Crippen molar-refractivity contribution in [2.75, 3.05) is 0 Å². The van der Waals surface area contributed by atoms with Crippen molar-refractivity contribution in [1.29, 1.82) is 0 Å². The maximum absolute atomic E-state index is 4.43. The van der Waals surface area contributed by atoms with Crippen molar-refractivity contribution in [3.63, 3.8) is 0 Å². The van der Waals surface area contributed by atoms with Gasteiger partial charge >= 0.3 is 0 Å². The van der Waals surface area contributed by atoms with Gasteiger partial charge in [0.2, 0.25) is 5.16 Å². The van der Waals surface area contributed by atoms with Gasteiger partial charge in [-0.3, -0.25) is 0 Å². The van der Waals surface area contributed by atoms with Crippen molar-refractivity contribution in [3.05, 3.63) is 47.0 Å². The lowest BCUT2D eigenvalue weighted by atomic mass is 10.1. The number of hydrogen-bond acceptors (Lipinski definition) is 6. The summed E-state index contributed by atoms with van der Waals surface area (Å²) < 4.78 is 2.79. The fourth-order valence-corrected chi connectivity index (χ4v) is 3.62. The Hall–Kier alpha value is -1.73. The molecule has 0 aliphatic carbocycles. The molecule has 20 heavy (non-hydrogen) atoms. The molecule has 5 nitrogen and oxygen atoms in total. The van der Waals surface area contributed by atoms with E-state index in [1.807, 2.05) is 35.2 Å². The number of benzene rings is 1. The van der Waals surface area contributed by atoms with E-state index in [1.165, 1.54) is 17.3 Å². The van der Waals surface area contributed by atoms with Crippen molar-refractivity contribution in [2.45, 2.75) is 29.4 Å². The topological polar surface area (TPSA) is 56.5 Å². The molecule has 3 aromatic rings. The molecule has 2 heterocycles. The molecule has 0 saturated carbocycles. The van der Waals surface area contributed by atoms with Crippen molar-refractivity contribution >= 4 is 23.1 Å². The summed E-state index contributed by atoms with van der Waals surface area (Å²) in [5, 5.41) is 14.8. The molecule has 2 aromatic heterocycles. The van der Waals surface area contributed by atoms with Crippen LogP contribution in [0.4, 0.5) is 0 Å². The van der Waals surface area contributed by atoms with E-state index < -0.39 is 0 Å². The Morgan fingerprint density at radius 2 is 2.05 bits per heavy atom. The quantitative estimate of drug-likeness (QED) is 0.741. The molecule has 0 fully saturated rings. The minimum absolute atomic E-state index is 0.0924. The summed E-state index contributed by atoms with van der Waals surface area (Å²) in [4.78, 5) is 4.43. The third-order valence-corrected chi connectivity index (χ3v) is 4.90. The number of thiazole rings is 1. The van der Waals surface area contributed by atoms with E-state index in [4.69, 9.17) is 0 Å². The van der Waals surface area contributed by atoms with Crippen LogP contribution in [0.25, 0.3) is 0 Å². The standard InChI is InChI=1S/C13H13N5S2/c1-9-8-19-13(14-9)20-12-15-16-17-18(12)10(2)11-6-4-3-5-7-11/h3-8,10H,1-2H3. The first-order valence-corrected chi connectivity index (χ1v) is 7.86. The van der Waals surface area contributed by atoms with Gasteiger partial charge < -0.3 is 0 Å². The predicted octanol–water partition coefficient (Wildman–Crippen LogP) is 3.20. The molecule has 0 saturated heterocycles. The monoisotopic (exact) mass is 303 g/mol.